The first-order chi connectivity index (χ1) is 8.65. The SMILES string of the molecule is CN(C)CC1CCN(CC(N)C2CCOC2)CC1. The summed E-state index contributed by atoms with van der Waals surface area (Å²) in [4.78, 5) is 4.86. The number of nitrogens with zero attached hydrogens (tertiary/aromatic N) is 2. The Balaban J connectivity index is 1.66. The van der Waals surface area contributed by atoms with Crippen LogP contribution in [-0.2, 0) is 4.74 Å². The number of hydrogen-bond acceptors (Lipinski definition) is 4. The third-order valence-electron chi connectivity index (χ3n) is 4.37. The van der Waals surface area contributed by atoms with Gasteiger partial charge in [-0.2, -0.15) is 0 Å². The summed E-state index contributed by atoms with van der Waals surface area (Å²) in [5, 5.41) is 0. The molecular weight excluding hydrogens is 226 g/mol. The Labute approximate surface area is 111 Å². The van der Waals surface area contributed by atoms with E-state index < -0.39 is 0 Å². The number of piperidine rings is 1. The first kappa shape index (κ1) is 14.3. The molecule has 4 heteroatoms. The molecule has 0 amide bonds. The highest BCUT2D eigenvalue weighted by molar-refractivity contribution is 4.82. The van der Waals surface area contributed by atoms with Crippen molar-refractivity contribution >= 4 is 0 Å². The lowest BCUT2D eigenvalue weighted by atomic mass is 9.94. The lowest BCUT2D eigenvalue weighted by molar-refractivity contribution is 0.138. The maximum atomic E-state index is 6.30. The van der Waals surface area contributed by atoms with Crippen LogP contribution in [0.5, 0.6) is 0 Å². The van der Waals surface area contributed by atoms with E-state index in [1.54, 1.807) is 0 Å². The third-order valence-corrected chi connectivity index (χ3v) is 4.37. The van der Waals surface area contributed by atoms with Crippen molar-refractivity contribution in [1.29, 1.82) is 0 Å². The summed E-state index contributed by atoms with van der Waals surface area (Å²) in [6.45, 7) is 6.51. The molecule has 2 aliphatic heterocycles. The first-order valence-corrected chi connectivity index (χ1v) is 7.35. The molecule has 0 aliphatic carbocycles. The monoisotopic (exact) mass is 255 g/mol. The minimum Gasteiger partial charge on any atom is -0.381 e. The first-order valence-electron chi connectivity index (χ1n) is 7.35. The van der Waals surface area contributed by atoms with Gasteiger partial charge in [0.15, 0.2) is 0 Å². The van der Waals surface area contributed by atoms with Gasteiger partial charge in [0.05, 0.1) is 6.61 Å². The van der Waals surface area contributed by atoms with Crippen LogP contribution in [0.3, 0.4) is 0 Å². The van der Waals surface area contributed by atoms with Crippen molar-refractivity contribution in [3.05, 3.63) is 0 Å². The Morgan fingerprint density at radius 2 is 2.00 bits per heavy atom. The fourth-order valence-electron chi connectivity index (χ4n) is 3.21. The highest BCUT2D eigenvalue weighted by Gasteiger charge is 2.26. The van der Waals surface area contributed by atoms with E-state index in [4.69, 9.17) is 10.5 Å². The predicted molar refractivity (Wildman–Crippen MR) is 74.6 cm³/mol. The van der Waals surface area contributed by atoms with E-state index in [-0.39, 0.29) is 0 Å². The minimum absolute atomic E-state index is 0.304. The lowest BCUT2D eigenvalue weighted by Crippen LogP contribution is -2.46. The zero-order valence-electron chi connectivity index (χ0n) is 12.0. The number of likely N-dealkylation sites (tertiary alicyclic amines) is 1. The van der Waals surface area contributed by atoms with E-state index in [9.17, 15) is 0 Å². The Kier molecular flexibility index (Phi) is 5.42. The van der Waals surface area contributed by atoms with E-state index >= 15 is 0 Å². The van der Waals surface area contributed by atoms with Crippen molar-refractivity contribution in [2.45, 2.75) is 25.3 Å². The molecule has 2 N–H and O–H groups in total. The van der Waals surface area contributed by atoms with Crippen molar-refractivity contribution in [1.82, 2.24) is 9.80 Å². The van der Waals surface area contributed by atoms with Gasteiger partial charge in [0.2, 0.25) is 0 Å². The Morgan fingerprint density at radius 3 is 2.56 bits per heavy atom. The van der Waals surface area contributed by atoms with Gasteiger partial charge in [0.1, 0.15) is 0 Å². The fraction of sp³-hybridized carbons (Fsp3) is 1.00. The maximum absolute atomic E-state index is 6.30. The molecule has 0 bridgehead atoms. The Hall–Kier alpha value is -0.160. The minimum atomic E-state index is 0.304. The third kappa shape index (κ3) is 4.19. The number of ether oxygens (including phenoxy) is 1. The topological polar surface area (TPSA) is 41.7 Å². The molecule has 2 heterocycles. The molecule has 18 heavy (non-hydrogen) atoms. The van der Waals surface area contributed by atoms with E-state index in [0.717, 1.165) is 32.1 Å². The summed E-state index contributed by atoms with van der Waals surface area (Å²) in [7, 11) is 4.34. The van der Waals surface area contributed by atoms with Gasteiger partial charge < -0.3 is 20.3 Å². The Bertz CT molecular complexity index is 233. The molecule has 0 aromatic carbocycles. The van der Waals surface area contributed by atoms with Gasteiger partial charge in [-0.1, -0.05) is 0 Å². The average molecular weight is 255 g/mol. The zero-order valence-corrected chi connectivity index (χ0v) is 12.0. The van der Waals surface area contributed by atoms with Crippen LogP contribution in [0.4, 0.5) is 0 Å². The summed E-state index contributed by atoms with van der Waals surface area (Å²) >= 11 is 0. The molecule has 106 valence electrons. The van der Waals surface area contributed by atoms with Crippen LogP contribution in [0.1, 0.15) is 19.3 Å². The second-order valence-electron chi connectivity index (χ2n) is 6.29. The number of rotatable bonds is 5. The van der Waals surface area contributed by atoms with E-state index in [1.165, 1.54) is 32.5 Å². The van der Waals surface area contributed by atoms with Gasteiger partial charge in [0, 0.05) is 31.7 Å². The second-order valence-corrected chi connectivity index (χ2v) is 6.29. The highest BCUT2D eigenvalue weighted by Crippen LogP contribution is 2.20. The van der Waals surface area contributed by atoms with E-state index in [1.807, 2.05) is 0 Å². The molecule has 0 saturated carbocycles. The maximum Gasteiger partial charge on any atom is 0.0510 e. The van der Waals surface area contributed by atoms with Crippen LogP contribution in [0, 0.1) is 11.8 Å². The summed E-state index contributed by atoms with van der Waals surface area (Å²) < 4.78 is 5.42. The standard InChI is InChI=1S/C14H29N3O/c1-16(2)9-12-3-6-17(7-4-12)10-14(15)13-5-8-18-11-13/h12-14H,3-11,15H2,1-2H3. The smallest absolute Gasteiger partial charge is 0.0510 e. The molecule has 4 nitrogen and oxygen atoms in total. The molecule has 0 radical (unpaired) electrons. The van der Waals surface area contributed by atoms with Crippen molar-refractivity contribution in [2.24, 2.45) is 17.6 Å². The quantitative estimate of drug-likeness (QED) is 0.782. The second kappa shape index (κ2) is 6.85. The van der Waals surface area contributed by atoms with Crippen LogP contribution in [0.2, 0.25) is 0 Å². The Morgan fingerprint density at radius 1 is 1.28 bits per heavy atom. The molecule has 0 aromatic heterocycles. The van der Waals surface area contributed by atoms with E-state index in [0.29, 0.717) is 12.0 Å². The molecule has 0 spiro atoms. The molecule has 2 fully saturated rings. The molecule has 2 aliphatic rings. The van der Waals surface area contributed by atoms with Gasteiger partial charge in [-0.3, -0.25) is 0 Å². The lowest BCUT2D eigenvalue weighted by Gasteiger charge is -2.35. The predicted octanol–water partition coefficient (Wildman–Crippen LogP) is 0.624. The summed E-state index contributed by atoms with van der Waals surface area (Å²) in [5.74, 6) is 1.46. The van der Waals surface area contributed by atoms with Gasteiger partial charge in [-0.15, -0.1) is 0 Å². The number of nitrogens with two attached hydrogens (primary N) is 1. The van der Waals surface area contributed by atoms with Crippen molar-refractivity contribution < 1.29 is 4.74 Å². The van der Waals surface area contributed by atoms with Crippen LogP contribution in [-0.4, -0.2) is 69.3 Å². The molecule has 0 aromatic rings. The molecule has 2 rings (SSSR count). The normalized spacial score (nSPS) is 29.0. The van der Waals surface area contributed by atoms with Crippen LogP contribution >= 0.6 is 0 Å². The van der Waals surface area contributed by atoms with Crippen LogP contribution < -0.4 is 5.73 Å². The van der Waals surface area contributed by atoms with Crippen molar-refractivity contribution in [2.75, 3.05) is 53.5 Å². The molecule has 2 saturated heterocycles. The van der Waals surface area contributed by atoms with Crippen LogP contribution in [0.15, 0.2) is 0 Å². The largest absolute Gasteiger partial charge is 0.381 e. The number of hydrogen-bond donors (Lipinski definition) is 1. The highest BCUT2D eigenvalue weighted by atomic mass is 16.5. The van der Waals surface area contributed by atoms with E-state index in [2.05, 4.69) is 23.9 Å². The van der Waals surface area contributed by atoms with Crippen molar-refractivity contribution in [3.8, 4) is 0 Å². The summed E-state index contributed by atoms with van der Waals surface area (Å²) in [6, 6.07) is 0.304. The molecule has 2 unspecified atom stereocenters. The van der Waals surface area contributed by atoms with Gasteiger partial charge in [0.25, 0.3) is 0 Å². The van der Waals surface area contributed by atoms with Gasteiger partial charge in [-0.25, -0.2) is 0 Å². The zero-order chi connectivity index (χ0) is 13.0. The van der Waals surface area contributed by atoms with Crippen LogP contribution in [0.25, 0.3) is 0 Å². The van der Waals surface area contributed by atoms with Gasteiger partial charge >= 0.3 is 0 Å². The average Bonchev–Trinajstić information content (AvgIpc) is 2.84. The molecular formula is C14H29N3O. The summed E-state index contributed by atoms with van der Waals surface area (Å²) in [5.41, 5.74) is 6.30. The van der Waals surface area contributed by atoms with Gasteiger partial charge in [-0.05, 0) is 52.4 Å². The van der Waals surface area contributed by atoms with Crippen molar-refractivity contribution in [3.63, 3.8) is 0 Å². The summed E-state index contributed by atoms with van der Waals surface area (Å²) in [6.07, 6.45) is 3.80. The molecule has 2 atom stereocenters. The fourth-order valence-corrected chi connectivity index (χ4v) is 3.21.